The van der Waals surface area contributed by atoms with E-state index in [1.165, 1.54) is 39.9 Å². The predicted octanol–water partition coefficient (Wildman–Crippen LogP) is 4.76. The lowest BCUT2D eigenvalue weighted by Crippen LogP contribution is -2.15. The minimum absolute atomic E-state index is 0.162. The number of rotatable bonds is 13. The van der Waals surface area contributed by atoms with E-state index < -0.39 is 0 Å². The fourth-order valence-electron chi connectivity index (χ4n) is 2.20. The average Bonchev–Trinajstić information content (AvgIpc) is 2.54. The number of carbonyl (C=O) groups excluding carboxylic acids is 2. The van der Waals surface area contributed by atoms with Crippen LogP contribution >= 0.6 is 31.9 Å². The van der Waals surface area contributed by atoms with E-state index in [4.69, 9.17) is 0 Å². The topological polar surface area (TPSA) is 52.6 Å². The Morgan fingerprint density at radius 3 is 1.23 bits per heavy atom. The zero-order chi connectivity index (χ0) is 16.8. The highest BCUT2D eigenvalue weighted by Crippen LogP contribution is 2.16. The summed E-state index contributed by atoms with van der Waals surface area (Å²) in [7, 11) is 2.83. The molecule has 0 aromatic carbocycles. The van der Waals surface area contributed by atoms with Crippen LogP contribution < -0.4 is 0 Å². The Bertz CT molecular complexity index is 281. The molecule has 0 rings (SSSR count). The van der Waals surface area contributed by atoms with Crippen molar-refractivity contribution in [1.82, 2.24) is 0 Å². The maximum atomic E-state index is 11.2. The van der Waals surface area contributed by atoms with E-state index in [9.17, 15) is 9.59 Å². The molecule has 2 unspecified atom stereocenters. The Kier molecular flexibility index (Phi) is 14.4. The van der Waals surface area contributed by atoms with Gasteiger partial charge in [0.05, 0.1) is 14.2 Å². The van der Waals surface area contributed by atoms with Gasteiger partial charge in [-0.2, -0.15) is 0 Å². The van der Waals surface area contributed by atoms with E-state index in [0.717, 1.165) is 38.5 Å². The Hall–Kier alpha value is -0.100. The number of alkyl halides is 2. The molecule has 0 radical (unpaired) electrons. The van der Waals surface area contributed by atoms with E-state index in [1.807, 2.05) is 0 Å². The van der Waals surface area contributed by atoms with Crippen LogP contribution in [0, 0.1) is 0 Å². The second-order valence-corrected chi connectivity index (χ2v) is 7.60. The quantitative estimate of drug-likeness (QED) is 0.234. The highest BCUT2D eigenvalue weighted by Gasteiger charge is 2.14. The van der Waals surface area contributed by atoms with Gasteiger partial charge in [-0.15, -0.1) is 0 Å². The first-order valence-corrected chi connectivity index (χ1v) is 9.79. The van der Waals surface area contributed by atoms with Gasteiger partial charge in [0.25, 0.3) is 0 Å². The van der Waals surface area contributed by atoms with Crippen LogP contribution in [0.15, 0.2) is 0 Å². The summed E-state index contributed by atoms with van der Waals surface area (Å²) in [6, 6.07) is 0. The van der Waals surface area contributed by atoms with Crippen molar-refractivity contribution in [3.05, 3.63) is 0 Å². The van der Waals surface area contributed by atoms with Crippen LogP contribution in [0.5, 0.6) is 0 Å². The van der Waals surface area contributed by atoms with Gasteiger partial charge in [0.15, 0.2) is 0 Å². The van der Waals surface area contributed by atoms with Gasteiger partial charge in [0.1, 0.15) is 9.65 Å². The third kappa shape index (κ3) is 11.5. The van der Waals surface area contributed by atoms with Gasteiger partial charge in [-0.05, 0) is 12.8 Å². The molecule has 0 aliphatic rings. The SMILES string of the molecule is COC(=O)C(Br)CCCCCCCCCCC(Br)C(=O)OC. The molecule has 2 atom stereocenters. The van der Waals surface area contributed by atoms with Gasteiger partial charge in [0.2, 0.25) is 0 Å². The van der Waals surface area contributed by atoms with Gasteiger partial charge in [0, 0.05) is 0 Å². The number of carbonyl (C=O) groups is 2. The molecule has 0 bridgehead atoms. The first-order chi connectivity index (χ1) is 10.5. The second-order valence-electron chi connectivity index (χ2n) is 5.39. The van der Waals surface area contributed by atoms with Gasteiger partial charge in [-0.25, -0.2) is 0 Å². The molecular formula is C16H28Br2O4. The molecule has 22 heavy (non-hydrogen) atoms. The molecule has 6 heteroatoms. The molecule has 0 saturated heterocycles. The Balaban J connectivity index is 3.31. The predicted molar refractivity (Wildman–Crippen MR) is 95.6 cm³/mol. The molecule has 0 N–H and O–H groups in total. The first-order valence-electron chi connectivity index (χ1n) is 7.96. The van der Waals surface area contributed by atoms with Gasteiger partial charge in [-0.3, -0.25) is 9.59 Å². The zero-order valence-electron chi connectivity index (χ0n) is 13.6. The van der Waals surface area contributed by atoms with Gasteiger partial charge in [-0.1, -0.05) is 83.2 Å². The summed E-state index contributed by atoms with van der Waals surface area (Å²) in [4.78, 5) is 22.0. The van der Waals surface area contributed by atoms with Crippen molar-refractivity contribution < 1.29 is 19.1 Å². The van der Waals surface area contributed by atoms with E-state index in [-0.39, 0.29) is 21.6 Å². The van der Waals surface area contributed by atoms with Crippen molar-refractivity contribution in [3.8, 4) is 0 Å². The third-order valence-corrected chi connectivity index (χ3v) is 5.24. The summed E-state index contributed by atoms with van der Waals surface area (Å²) in [5.41, 5.74) is 0. The molecule has 0 aliphatic heterocycles. The maximum absolute atomic E-state index is 11.2. The largest absolute Gasteiger partial charge is 0.468 e. The van der Waals surface area contributed by atoms with E-state index in [0.29, 0.717) is 0 Å². The van der Waals surface area contributed by atoms with Crippen LogP contribution in [0.25, 0.3) is 0 Å². The summed E-state index contributed by atoms with van der Waals surface area (Å²) < 4.78 is 9.33. The van der Waals surface area contributed by atoms with Crippen LogP contribution in [-0.2, 0) is 19.1 Å². The van der Waals surface area contributed by atoms with E-state index in [1.54, 1.807) is 0 Å². The summed E-state index contributed by atoms with van der Waals surface area (Å²) in [6.45, 7) is 0. The second kappa shape index (κ2) is 14.5. The molecule has 0 spiro atoms. The van der Waals surface area contributed by atoms with Gasteiger partial charge < -0.3 is 9.47 Å². The maximum Gasteiger partial charge on any atom is 0.319 e. The molecule has 130 valence electrons. The Morgan fingerprint density at radius 1 is 0.682 bits per heavy atom. The van der Waals surface area contributed by atoms with Crippen molar-refractivity contribution in [1.29, 1.82) is 0 Å². The summed E-state index contributed by atoms with van der Waals surface area (Å²) in [6.07, 6.45) is 11.0. The molecular weight excluding hydrogens is 416 g/mol. The van der Waals surface area contributed by atoms with Crippen LogP contribution in [0.1, 0.15) is 64.2 Å². The van der Waals surface area contributed by atoms with Crippen molar-refractivity contribution in [2.24, 2.45) is 0 Å². The lowest BCUT2D eigenvalue weighted by Gasteiger charge is -2.08. The number of ether oxygens (including phenoxy) is 2. The molecule has 0 amide bonds. The number of esters is 2. The summed E-state index contributed by atoms with van der Waals surface area (Å²) in [5.74, 6) is -0.367. The van der Waals surface area contributed by atoms with Crippen molar-refractivity contribution in [2.45, 2.75) is 73.9 Å². The summed E-state index contributed by atoms with van der Waals surface area (Å²) >= 11 is 6.66. The number of unbranched alkanes of at least 4 members (excludes halogenated alkanes) is 7. The Labute approximate surface area is 150 Å². The smallest absolute Gasteiger partial charge is 0.319 e. The lowest BCUT2D eigenvalue weighted by molar-refractivity contribution is -0.140. The van der Waals surface area contributed by atoms with Crippen molar-refractivity contribution in [2.75, 3.05) is 14.2 Å². The fourth-order valence-corrected chi connectivity index (χ4v) is 3.22. The minimum Gasteiger partial charge on any atom is -0.468 e. The molecule has 0 heterocycles. The molecule has 0 fully saturated rings. The highest BCUT2D eigenvalue weighted by atomic mass is 79.9. The molecule has 0 saturated carbocycles. The number of hydrogen-bond acceptors (Lipinski definition) is 4. The van der Waals surface area contributed by atoms with Crippen LogP contribution in [-0.4, -0.2) is 35.8 Å². The standard InChI is InChI=1S/C16H28Br2O4/c1-21-15(19)13(17)11-9-7-5-3-4-6-8-10-12-14(18)16(20)22-2/h13-14H,3-12H2,1-2H3. The van der Waals surface area contributed by atoms with Crippen LogP contribution in [0.2, 0.25) is 0 Å². The molecule has 0 aromatic rings. The van der Waals surface area contributed by atoms with Crippen molar-refractivity contribution >= 4 is 43.8 Å². The summed E-state index contributed by atoms with van der Waals surface area (Å²) in [5, 5.41) is 0. The average molecular weight is 444 g/mol. The molecule has 0 aromatic heterocycles. The minimum atomic E-state index is -0.183. The van der Waals surface area contributed by atoms with Crippen molar-refractivity contribution in [3.63, 3.8) is 0 Å². The monoisotopic (exact) mass is 442 g/mol. The lowest BCUT2D eigenvalue weighted by atomic mass is 10.1. The van der Waals surface area contributed by atoms with Gasteiger partial charge >= 0.3 is 11.9 Å². The molecule has 0 aliphatic carbocycles. The number of methoxy groups -OCH3 is 2. The zero-order valence-corrected chi connectivity index (χ0v) is 16.8. The molecule has 4 nitrogen and oxygen atoms in total. The van der Waals surface area contributed by atoms with E-state index >= 15 is 0 Å². The van der Waals surface area contributed by atoms with Crippen LogP contribution in [0.4, 0.5) is 0 Å². The van der Waals surface area contributed by atoms with E-state index in [2.05, 4.69) is 41.3 Å². The Morgan fingerprint density at radius 2 is 0.955 bits per heavy atom. The fraction of sp³-hybridized carbons (Fsp3) is 0.875. The first kappa shape index (κ1) is 21.9. The van der Waals surface area contributed by atoms with Crippen LogP contribution in [0.3, 0.4) is 0 Å². The number of halogens is 2. The normalized spacial score (nSPS) is 13.5. The highest BCUT2D eigenvalue weighted by molar-refractivity contribution is 9.10. The number of hydrogen-bond donors (Lipinski definition) is 0. The third-order valence-electron chi connectivity index (χ3n) is 3.58.